The molecule has 1 aromatic heterocycles. The number of hydrogen-bond donors (Lipinski definition) is 0. The summed E-state index contributed by atoms with van der Waals surface area (Å²) in [6.45, 7) is 0. The Morgan fingerprint density at radius 2 is 1.80 bits per heavy atom. The van der Waals surface area contributed by atoms with E-state index in [0.29, 0.717) is 5.92 Å². The summed E-state index contributed by atoms with van der Waals surface area (Å²) in [5.74, 6) is 0.686. The second-order valence-corrected chi connectivity index (χ2v) is 7.05. The van der Waals surface area contributed by atoms with E-state index in [0.717, 1.165) is 17.8 Å². The van der Waals surface area contributed by atoms with Crippen LogP contribution >= 0.6 is 11.3 Å². The summed E-state index contributed by atoms with van der Waals surface area (Å²) in [7, 11) is 2.30. The zero-order valence-corrected chi connectivity index (χ0v) is 12.6. The van der Waals surface area contributed by atoms with E-state index < -0.39 is 0 Å². The van der Waals surface area contributed by atoms with Crippen LogP contribution in [0.1, 0.15) is 36.6 Å². The molecule has 2 aliphatic rings. The average molecular weight is 284 g/mol. The molecule has 2 aromatic rings. The molecule has 3 heterocycles. The average Bonchev–Trinajstić information content (AvgIpc) is 3.03. The van der Waals surface area contributed by atoms with Crippen LogP contribution in [0.25, 0.3) is 11.3 Å². The zero-order chi connectivity index (χ0) is 13.5. The van der Waals surface area contributed by atoms with Gasteiger partial charge >= 0.3 is 0 Å². The maximum atomic E-state index is 4.93. The molecule has 104 valence electrons. The minimum Gasteiger partial charge on any atom is -0.300 e. The van der Waals surface area contributed by atoms with Gasteiger partial charge in [0.15, 0.2) is 0 Å². The maximum absolute atomic E-state index is 4.93. The first kappa shape index (κ1) is 12.5. The zero-order valence-electron chi connectivity index (χ0n) is 11.8. The largest absolute Gasteiger partial charge is 0.300 e. The lowest BCUT2D eigenvalue weighted by molar-refractivity contribution is 0.161. The first-order valence-electron chi connectivity index (χ1n) is 7.54. The summed E-state index contributed by atoms with van der Waals surface area (Å²) in [6, 6.07) is 12.1. The quantitative estimate of drug-likeness (QED) is 0.823. The third kappa shape index (κ3) is 2.09. The number of aromatic nitrogens is 1. The van der Waals surface area contributed by atoms with Crippen molar-refractivity contribution >= 4 is 11.3 Å². The third-order valence-electron chi connectivity index (χ3n) is 5.04. The van der Waals surface area contributed by atoms with Crippen molar-refractivity contribution in [2.75, 3.05) is 7.05 Å². The standard InChI is InChI=1S/C17H20N2S/c1-19-14-7-8-15(19)10-13(9-14)17-18-16(11-20-17)12-5-3-2-4-6-12/h2-6,11,13-15H,7-10H2,1H3. The minimum absolute atomic E-state index is 0.686. The molecule has 0 radical (unpaired) electrons. The van der Waals surface area contributed by atoms with Crippen molar-refractivity contribution in [2.24, 2.45) is 0 Å². The lowest BCUT2D eigenvalue weighted by Crippen LogP contribution is -2.39. The van der Waals surface area contributed by atoms with Crippen LogP contribution < -0.4 is 0 Å². The van der Waals surface area contributed by atoms with Gasteiger partial charge in [-0.2, -0.15) is 0 Å². The molecule has 0 saturated carbocycles. The summed E-state index contributed by atoms with van der Waals surface area (Å²) < 4.78 is 0. The normalized spacial score (nSPS) is 29.8. The third-order valence-corrected chi connectivity index (χ3v) is 6.05. The molecule has 4 rings (SSSR count). The Bertz CT molecular complexity index is 578. The molecule has 2 atom stereocenters. The van der Waals surface area contributed by atoms with E-state index in [1.807, 2.05) is 11.3 Å². The fraction of sp³-hybridized carbons (Fsp3) is 0.471. The van der Waals surface area contributed by atoms with E-state index >= 15 is 0 Å². The van der Waals surface area contributed by atoms with Crippen LogP contribution in [0, 0.1) is 0 Å². The Morgan fingerprint density at radius 3 is 2.50 bits per heavy atom. The molecule has 20 heavy (non-hydrogen) atoms. The fourth-order valence-electron chi connectivity index (χ4n) is 3.83. The molecule has 2 fully saturated rings. The number of hydrogen-bond acceptors (Lipinski definition) is 3. The van der Waals surface area contributed by atoms with Gasteiger partial charge in [-0.05, 0) is 32.7 Å². The number of fused-ring (bicyclic) bond motifs is 2. The Hall–Kier alpha value is -1.19. The Balaban J connectivity index is 1.57. The summed E-state index contributed by atoms with van der Waals surface area (Å²) in [4.78, 5) is 7.53. The Morgan fingerprint density at radius 1 is 1.10 bits per heavy atom. The monoisotopic (exact) mass is 284 g/mol. The highest BCUT2D eigenvalue weighted by atomic mass is 32.1. The predicted octanol–water partition coefficient (Wildman–Crippen LogP) is 4.15. The van der Waals surface area contributed by atoms with Gasteiger partial charge in [-0.1, -0.05) is 30.3 Å². The molecule has 1 aromatic carbocycles. The minimum atomic E-state index is 0.686. The van der Waals surface area contributed by atoms with Gasteiger partial charge in [-0.25, -0.2) is 4.98 Å². The SMILES string of the molecule is CN1C2CCC1CC(c1nc(-c3ccccc3)cs1)C2. The van der Waals surface area contributed by atoms with E-state index in [1.54, 1.807) is 0 Å². The Kier molecular flexibility index (Phi) is 3.12. The van der Waals surface area contributed by atoms with Gasteiger partial charge in [-0.3, -0.25) is 0 Å². The maximum Gasteiger partial charge on any atom is 0.0964 e. The van der Waals surface area contributed by atoms with E-state index in [1.165, 1.54) is 36.3 Å². The molecule has 2 aliphatic heterocycles. The van der Waals surface area contributed by atoms with Gasteiger partial charge in [0.05, 0.1) is 10.7 Å². The van der Waals surface area contributed by atoms with Crippen molar-refractivity contribution in [3.8, 4) is 11.3 Å². The van der Waals surface area contributed by atoms with Crippen molar-refractivity contribution in [3.05, 3.63) is 40.7 Å². The summed E-state index contributed by atoms with van der Waals surface area (Å²) in [6.07, 6.45) is 5.37. The van der Waals surface area contributed by atoms with Crippen LogP contribution in [0.15, 0.2) is 35.7 Å². The van der Waals surface area contributed by atoms with Crippen LogP contribution in [0.3, 0.4) is 0 Å². The molecule has 2 unspecified atom stereocenters. The van der Waals surface area contributed by atoms with Crippen molar-refractivity contribution in [2.45, 2.75) is 43.7 Å². The number of thiazole rings is 1. The molecule has 2 saturated heterocycles. The van der Waals surface area contributed by atoms with Crippen LogP contribution in [-0.2, 0) is 0 Å². The molecule has 2 bridgehead atoms. The van der Waals surface area contributed by atoms with Crippen molar-refractivity contribution in [3.63, 3.8) is 0 Å². The summed E-state index contributed by atoms with van der Waals surface area (Å²) in [5, 5.41) is 3.58. The Labute approximate surface area is 124 Å². The first-order valence-corrected chi connectivity index (χ1v) is 8.42. The highest BCUT2D eigenvalue weighted by molar-refractivity contribution is 7.10. The first-order chi connectivity index (χ1) is 9.81. The highest BCUT2D eigenvalue weighted by Crippen LogP contribution is 2.43. The molecule has 0 N–H and O–H groups in total. The van der Waals surface area contributed by atoms with Gasteiger partial charge in [0, 0.05) is 28.9 Å². The highest BCUT2D eigenvalue weighted by Gasteiger charge is 2.39. The van der Waals surface area contributed by atoms with Crippen LogP contribution in [0.5, 0.6) is 0 Å². The lowest BCUT2D eigenvalue weighted by Gasteiger charge is -2.35. The predicted molar refractivity (Wildman–Crippen MR) is 84.1 cm³/mol. The van der Waals surface area contributed by atoms with E-state index in [-0.39, 0.29) is 0 Å². The number of benzene rings is 1. The van der Waals surface area contributed by atoms with Gasteiger partial charge < -0.3 is 4.90 Å². The van der Waals surface area contributed by atoms with Crippen molar-refractivity contribution in [1.29, 1.82) is 0 Å². The lowest BCUT2D eigenvalue weighted by atomic mass is 9.91. The molecule has 2 nitrogen and oxygen atoms in total. The van der Waals surface area contributed by atoms with Crippen LogP contribution in [0.4, 0.5) is 0 Å². The topological polar surface area (TPSA) is 16.1 Å². The van der Waals surface area contributed by atoms with Crippen LogP contribution in [0.2, 0.25) is 0 Å². The fourth-order valence-corrected chi connectivity index (χ4v) is 4.79. The van der Waals surface area contributed by atoms with E-state index in [9.17, 15) is 0 Å². The second-order valence-electron chi connectivity index (χ2n) is 6.16. The van der Waals surface area contributed by atoms with Gasteiger partial charge in [0.2, 0.25) is 0 Å². The van der Waals surface area contributed by atoms with Crippen molar-refractivity contribution < 1.29 is 0 Å². The molecular weight excluding hydrogens is 264 g/mol. The second kappa shape index (κ2) is 4.97. The molecule has 0 aliphatic carbocycles. The molecular formula is C17H20N2S. The molecule has 0 spiro atoms. The summed E-state index contributed by atoms with van der Waals surface area (Å²) in [5.41, 5.74) is 2.39. The van der Waals surface area contributed by atoms with Gasteiger partial charge in [0.25, 0.3) is 0 Å². The number of rotatable bonds is 2. The summed E-state index contributed by atoms with van der Waals surface area (Å²) >= 11 is 1.85. The van der Waals surface area contributed by atoms with Gasteiger partial charge in [0.1, 0.15) is 0 Å². The molecule has 0 amide bonds. The van der Waals surface area contributed by atoms with E-state index in [4.69, 9.17) is 4.98 Å². The molecule has 3 heteroatoms. The van der Waals surface area contributed by atoms with Crippen LogP contribution in [-0.4, -0.2) is 29.0 Å². The van der Waals surface area contributed by atoms with Gasteiger partial charge in [-0.15, -0.1) is 11.3 Å². The smallest absolute Gasteiger partial charge is 0.0964 e. The van der Waals surface area contributed by atoms with E-state index in [2.05, 4.69) is 47.7 Å². The van der Waals surface area contributed by atoms with Crippen molar-refractivity contribution in [1.82, 2.24) is 9.88 Å². The number of nitrogens with zero attached hydrogens (tertiary/aromatic N) is 2. The number of piperidine rings is 1.